The fraction of sp³-hybridized carbons (Fsp3) is 0.245. The fourth-order valence-corrected chi connectivity index (χ4v) is 8.42. The zero-order valence-electron chi connectivity index (χ0n) is 33.5. The van der Waals surface area contributed by atoms with Gasteiger partial charge in [0.15, 0.2) is 17.6 Å². The van der Waals surface area contributed by atoms with Crippen LogP contribution in [0.1, 0.15) is 64.6 Å². The molecule has 2 aliphatic heterocycles. The Morgan fingerprint density at radius 3 is 2.34 bits per heavy atom. The van der Waals surface area contributed by atoms with E-state index in [4.69, 9.17) is 37.4 Å². The lowest BCUT2D eigenvalue weighted by Crippen LogP contribution is -2.55. The second-order valence-corrected chi connectivity index (χ2v) is 16.1. The molecule has 3 heterocycles. The second-order valence-electron chi connectivity index (χ2n) is 15.3. The molecule has 10 nitrogen and oxygen atoms in total. The van der Waals surface area contributed by atoms with E-state index in [9.17, 15) is 19.8 Å². The van der Waals surface area contributed by atoms with E-state index in [0.717, 1.165) is 50.9 Å². The predicted molar refractivity (Wildman–Crippen MR) is 234 cm³/mol. The van der Waals surface area contributed by atoms with Crippen molar-refractivity contribution in [3.8, 4) is 28.4 Å². The maximum absolute atomic E-state index is 14.4. The largest absolute Gasteiger partial charge is 0.489 e. The number of hydrogen-bond donors (Lipinski definition) is 3. The topological polar surface area (TPSA) is 130 Å². The van der Waals surface area contributed by atoms with Gasteiger partial charge in [0.2, 0.25) is 5.91 Å². The van der Waals surface area contributed by atoms with E-state index in [1.807, 2.05) is 97.1 Å². The first-order valence-electron chi connectivity index (χ1n) is 20.3. The molecule has 0 fully saturated rings. The number of halogens is 2. The van der Waals surface area contributed by atoms with Crippen LogP contribution in [-0.2, 0) is 42.2 Å². The number of carboxylic acid groups (broad SMARTS) is 1. The molecule has 8 rings (SSSR count). The lowest BCUT2D eigenvalue weighted by molar-refractivity contribution is -0.143. The molecule has 0 saturated carbocycles. The van der Waals surface area contributed by atoms with Crippen LogP contribution in [0, 0.1) is 0 Å². The van der Waals surface area contributed by atoms with Gasteiger partial charge in [0.05, 0.1) is 28.4 Å². The maximum atomic E-state index is 14.4. The Morgan fingerprint density at radius 1 is 0.869 bits per heavy atom. The lowest BCUT2D eigenvalue weighted by Gasteiger charge is -2.42. The molecule has 0 saturated heterocycles. The third-order valence-corrected chi connectivity index (χ3v) is 12.1. The lowest BCUT2D eigenvalue weighted by atomic mass is 9.89. The van der Waals surface area contributed by atoms with Crippen molar-refractivity contribution in [2.45, 2.75) is 70.2 Å². The van der Waals surface area contributed by atoms with Crippen LogP contribution in [-0.4, -0.2) is 50.7 Å². The average Bonchev–Trinajstić information content (AvgIpc) is 3.29. The van der Waals surface area contributed by atoms with Gasteiger partial charge in [0.1, 0.15) is 25.0 Å². The highest BCUT2D eigenvalue weighted by Crippen LogP contribution is 2.42. The standard InChI is InChI=1S/C49H45Cl2N3O7/c1-2-43(33-6-4-3-5-7-33)54-26-37-25-46-45(60-29-47(61-46)34-13-15-39(16-14-34)59-28-31-10-17-40(50)41(51)20-31)24-36(37)23-44(54)48(56)53-42(49(57)58)21-30-8-11-32(12-9-30)35-18-19-52-38(22-35)27-55/h3-20,22,24-25,42-44,47,55H,2,21,23,26-29H2,1H3,(H,53,56)(H,57,58)/t42-,43-,44-,47+/m0/s1. The minimum Gasteiger partial charge on any atom is -0.489 e. The SMILES string of the molecule is CC[C@@H](c1ccccc1)N1Cc2cc3c(cc2C[C@H]1C(=O)N[C@@H](Cc1ccc(-c2ccnc(CO)c2)cc1)C(=O)O)OC[C@H](c1ccc(OCc2ccc(Cl)c(Cl)c2)cc1)O3. The molecule has 4 atom stereocenters. The summed E-state index contributed by atoms with van der Waals surface area (Å²) in [6.45, 7) is 3.02. The van der Waals surface area contributed by atoms with Crippen LogP contribution < -0.4 is 19.5 Å². The highest BCUT2D eigenvalue weighted by atomic mass is 35.5. The Bertz CT molecular complexity index is 2500. The number of pyridine rings is 1. The van der Waals surface area contributed by atoms with Gasteiger partial charge in [0.25, 0.3) is 0 Å². The maximum Gasteiger partial charge on any atom is 0.326 e. The minimum atomic E-state index is -1.15. The van der Waals surface area contributed by atoms with Gasteiger partial charge in [0, 0.05) is 25.2 Å². The summed E-state index contributed by atoms with van der Waals surface area (Å²) in [6.07, 6.45) is 2.49. The van der Waals surface area contributed by atoms with Crippen LogP contribution in [0.3, 0.4) is 0 Å². The van der Waals surface area contributed by atoms with Gasteiger partial charge in [-0.15, -0.1) is 0 Å². The number of hydrogen-bond acceptors (Lipinski definition) is 8. The fourth-order valence-electron chi connectivity index (χ4n) is 8.10. The van der Waals surface area contributed by atoms with E-state index in [1.54, 1.807) is 18.3 Å². The Kier molecular flexibility index (Phi) is 12.9. The van der Waals surface area contributed by atoms with Crippen LogP contribution in [0.4, 0.5) is 0 Å². The number of aliphatic hydroxyl groups excluding tert-OH is 1. The van der Waals surface area contributed by atoms with Crippen LogP contribution >= 0.6 is 23.2 Å². The number of carboxylic acids is 1. The third kappa shape index (κ3) is 9.69. The number of amides is 1. The molecule has 2 aliphatic rings. The number of carbonyl (C=O) groups excluding carboxylic acids is 1. The first-order chi connectivity index (χ1) is 29.6. The molecule has 0 radical (unpaired) electrons. The summed E-state index contributed by atoms with van der Waals surface area (Å²) in [4.78, 5) is 33.4. The summed E-state index contributed by atoms with van der Waals surface area (Å²) in [5.41, 5.74) is 8.01. The van der Waals surface area contributed by atoms with E-state index in [1.165, 1.54) is 0 Å². The number of aliphatic carboxylic acids is 1. The van der Waals surface area contributed by atoms with Crippen molar-refractivity contribution in [2.75, 3.05) is 6.61 Å². The van der Waals surface area contributed by atoms with Gasteiger partial charge in [-0.1, -0.05) is 103 Å². The van der Waals surface area contributed by atoms with Gasteiger partial charge in [-0.3, -0.25) is 14.7 Å². The minimum absolute atomic E-state index is 0.104. The molecule has 0 bridgehead atoms. The van der Waals surface area contributed by atoms with E-state index in [-0.39, 0.29) is 31.1 Å². The smallest absolute Gasteiger partial charge is 0.326 e. The number of benzene rings is 5. The van der Waals surface area contributed by atoms with E-state index in [2.05, 4.69) is 34.3 Å². The van der Waals surface area contributed by atoms with Crippen LogP contribution in [0.25, 0.3) is 11.1 Å². The number of ether oxygens (including phenoxy) is 3. The molecule has 6 aromatic rings. The highest BCUT2D eigenvalue weighted by molar-refractivity contribution is 6.42. The third-order valence-electron chi connectivity index (χ3n) is 11.3. The zero-order chi connectivity index (χ0) is 42.5. The van der Waals surface area contributed by atoms with E-state index >= 15 is 0 Å². The molecule has 5 aromatic carbocycles. The Morgan fingerprint density at radius 2 is 1.62 bits per heavy atom. The van der Waals surface area contributed by atoms with Crippen LogP contribution in [0.5, 0.6) is 17.2 Å². The van der Waals surface area contributed by atoms with Crippen LogP contribution in [0.15, 0.2) is 128 Å². The molecular weight excluding hydrogens is 813 g/mol. The van der Waals surface area contributed by atoms with Crippen molar-refractivity contribution in [3.63, 3.8) is 0 Å². The number of nitrogens with zero attached hydrogens (tertiary/aromatic N) is 2. The second kappa shape index (κ2) is 18.8. The molecule has 3 N–H and O–H groups in total. The molecule has 1 aromatic heterocycles. The summed E-state index contributed by atoms with van der Waals surface area (Å²) in [5.74, 6) is 0.464. The monoisotopic (exact) mass is 857 g/mol. The normalized spacial score (nSPS) is 16.9. The summed E-state index contributed by atoms with van der Waals surface area (Å²) < 4.78 is 18.8. The summed E-state index contributed by atoms with van der Waals surface area (Å²) in [5, 5.41) is 23.7. The number of fused-ring (bicyclic) bond motifs is 2. The van der Waals surface area contributed by atoms with Gasteiger partial charge >= 0.3 is 5.97 Å². The van der Waals surface area contributed by atoms with Gasteiger partial charge in [-0.2, -0.15) is 0 Å². The highest BCUT2D eigenvalue weighted by Gasteiger charge is 2.39. The Hall–Kier alpha value is -5.91. The number of aliphatic hydroxyl groups is 1. The molecule has 61 heavy (non-hydrogen) atoms. The van der Waals surface area contributed by atoms with E-state index in [0.29, 0.717) is 59.2 Å². The number of carbonyl (C=O) groups is 2. The van der Waals surface area contributed by atoms with Crippen molar-refractivity contribution in [2.24, 2.45) is 0 Å². The summed E-state index contributed by atoms with van der Waals surface area (Å²) in [6, 6.07) is 36.5. The average molecular weight is 859 g/mol. The number of nitrogens with one attached hydrogen (secondary N) is 1. The van der Waals surface area contributed by atoms with Gasteiger partial charge in [-0.25, -0.2) is 4.79 Å². The Labute approximate surface area is 364 Å². The first kappa shape index (κ1) is 41.8. The summed E-state index contributed by atoms with van der Waals surface area (Å²) in [7, 11) is 0. The molecule has 0 unspecified atom stereocenters. The van der Waals surface area contributed by atoms with E-state index < -0.39 is 18.1 Å². The molecule has 0 spiro atoms. The first-order valence-corrected chi connectivity index (χ1v) is 21.0. The molecule has 312 valence electrons. The Balaban J connectivity index is 0.989. The van der Waals surface area contributed by atoms with Crippen LogP contribution in [0.2, 0.25) is 10.0 Å². The van der Waals surface area contributed by atoms with Crippen molar-refractivity contribution < 1.29 is 34.0 Å². The molecular formula is C49H45Cl2N3O7. The quantitative estimate of drug-likeness (QED) is 0.0982. The number of aromatic nitrogens is 1. The van der Waals surface area contributed by atoms with Crippen molar-refractivity contribution in [1.29, 1.82) is 0 Å². The van der Waals surface area contributed by atoms with Crippen molar-refractivity contribution >= 4 is 35.1 Å². The number of rotatable bonds is 14. The molecule has 12 heteroatoms. The summed E-state index contributed by atoms with van der Waals surface area (Å²) >= 11 is 12.2. The predicted octanol–water partition coefficient (Wildman–Crippen LogP) is 9.33. The van der Waals surface area contributed by atoms with Crippen molar-refractivity contribution in [3.05, 3.63) is 177 Å². The van der Waals surface area contributed by atoms with Crippen molar-refractivity contribution in [1.82, 2.24) is 15.2 Å². The van der Waals surface area contributed by atoms with Gasteiger partial charge in [-0.05, 0) is 106 Å². The zero-order valence-corrected chi connectivity index (χ0v) is 35.0. The molecule has 0 aliphatic carbocycles. The van der Waals surface area contributed by atoms with Gasteiger partial charge < -0.3 is 29.7 Å². The molecule has 1 amide bonds.